The van der Waals surface area contributed by atoms with Gasteiger partial charge in [-0.15, -0.1) is 4.40 Å². The number of rotatable bonds is 4. The molecule has 1 aliphatic rings. The fraction of sp³-hybridized carbons (Fsp3) is 0.0500. The van der Waals surface area contributed by atoms with Crippen molar-refractivity contribution in [3.8, 4) is 0 Å². The molecular formula is C20H16FN3O4S2. The Balaban J connectivity index is 1.85. The molecule has 0 amide bonds. The van der Waals surface area contributed by atoms with Gasteiger partial charge >= 0.3 is 0 Å². The smallest absolute Gasteiger partial charge is 0.285 e. The van der Waals surface area contributed by atoms with Crippen molar-refractivity contribution >= 4 is 31.7 Å². The summed E-state index contributed by atoms with van der Waals surface area (Å²) >= 11 is 0. The number of nitrogens with one attached hydrogen (secondary N) is 1. The third-order valence-corrected chi connectivity index (χ3v) is 7.50. The maximum atomic E-state index is 13.2. The van der Waals surface area contributed by atoms with Gasteiger partial charge in [-0.3, -0.25) is 0 Å². The fourth-order valence-electron chi connectivity index (χ4n) is 2.96. The molecule has 0 atom stereocenters. The highest BCUT2D eigenvalue weighted by atomic mass is 32.2. The Hall–Kier alpha value is -3.24. The summed E-state index contributed by atoms with van der Waals surface area (Å²) in [6.07, 6.45) is 0. The molecule has 0 saturated carbocycles. The van der Waals surface area contributed by atoms with Crippen molar-refractivity contribution in [2.45, 2.75) is 16.3 Å². The van der Waals surface area contributed by atoms with Gasteiger partial charge in [0.05, 0.1) is 17.1 Å². The zero-order valence-corrected chi connectivity index (χ0v) is 17.1. The molecule has 0 spiro atoms. The van der Waals surface area contributed by atoms with E-state index in [1.54, 1.807) is 42.5 Å². The first-order chi connectivity index (χ1) is 14.3. The number of hydrogen-bond donors (Lipinski definition) is 1. The predicted molar refractivity (Wildman–Crippen MR) is 110 cm³/mol. The number of benzene rings is 3. The lowest BCUT2D eigenvalue weighted by Gasteiger charge is -2.31. The molecule has 0 radical (unpaired) electrons. The Bertz CT molecular complexity index is 1320. The number of hydrogen-bond acceptors (Lipinski definition) is 4. The summed E-state index contributed by atoms with van der Waals surface area (Å²) in [4.78, 5) is -0.242. The van der Waals surface area contributed by atoms with Crippen LogP contribution in [0.2, 0.25) is 0 Å². The van der Waals surface area contributed by atoms with Crippen molar-refractivity contribution in [1.82, 2.24) is 4.31 Å². The summed E-state index contributed by atoms with van der Waals surface area (Å²) < 4.78 is 69.8. The van der Waals surface area contributed by atoms with Crippen LogP contribution in [-0.4, -0.2) is 27.1 Å². The molecule has 3 aromatic rings. The monoisotopic (exact) mass is 445 g/mol. The van der Waals surface area contributed by atoms with Gasteiger partial charge < -0.3 is 5.32 Å². The second kappa shape index (κ2) is 7.54. The Labute approximate surface area is 173 Å². The van der Waals surface area contributed by atoms with E-state index in [1.807, 2.05) is 0 Å². The van der Waals surface area contributed by atoms with Gasteiger partial charge in [0, 0.05) is 0 Å². The Morgan fingerprint density at radius 3 is 2.23 bits per heavy atom. The molecule has 1 heterocycles. The highest BCUT2D eigenvalue weighted by Crippen LogP contribution is 2.31. The lowest BCUT2D eigenvalue weighted by atomic mass is 10.2. The molecule has 1 aliphatic heterocycles. The van der Waals surface area contributed by atoms with Gasteiger partial charge in [-0.05, 0) is 42.0 Å². The van der Waals surface area contributed by atoms with E-state index >= 15 is 0 Å². The minimum absolute atomic E-state index is 0.0130. The molecule has 154 valence electrons. The maximum Gasteiger partial charge on any atom is 0.285 e. The quantitative estimate of drug-likeness (QED) is 0.665. The minimum Gasteiger partial charge on any atom is -0.323 e. The Kier molecular flexibility index (Phi) is 5.04. The average Bonchev–Trinajstić information content (AvgIpc) is 2.72. The van der Waals surface area contributed by atoms with E-state index in [0.717, 1.165) is 28.6 Å². The van der Waals surface area contributed by atoms with E-state index in [9.17, 15) is 21.2 Å². The van der Waals surface area contributed by atoms with Gasteiger partial charge in [-0.2, -0.15) is 8.42 Å². The van der Waals surface area contributed by atoms with E-state index in [1.165, 1.54) is 12.1 Å². The average molecular weight is 445 g/mol. The molecule has 0 bridgehead atoms. The second-order valence-electron chi connectivity index (χ2n) is 6.46. The van der Waals surface area contributed by atoms with Crippen LogP contribution in [-0.2, 0) is 26.6 Å². The topological polar surface area (TPSA) is 95.9 Å². The van der Waals surface area contributed by atoms with E-state index in [4.69, 9.17) is 0 Å². The van der Waals surface area contributed by atoms with Crippen LogP contribution in [0.25, 0.3) is 0 Å². The molecule has 0 saturated heterocycles. The van der Waals surface area contributed by atoms with Crippen molar-refractivity contribution in [3.63, 3.8) is 0 Å². The number of guanidine groups is 1. The third-order valence-electron chi connectivity index (χ3n) is 4.42. The number of para-hydroxylation sites is 1. The van der Waals surface area contributed by atoms with Crippen LogP contribution < -0.4 is 5.32 Å². The SMILES string of the molecule is O=S(=O)(/N=C1\Nc2ccccc2S(=O)(=O)N1Cc1ccccc1)c1ccc(F)cc1. The highest BCUT2D eigenvalue weighted by Gasteiger charge is 2.36. The molecule has 7 nitrogen and oxygen atoms in total. The van der Waals surface area contributed by atoms with Crippen molar-refractivity contribution in [3.05, 3.63) is 90.2 Å². The first-order valence-electron chi connectivity index (χ1n) is 8.81. The normalized spacial score (nSPS) is 16.7. The van der Waals surface area contributed by atoms with E-state index in [-0.39, 0.29) is 28.0 Å². The number of sulfonamides is 2. The minimum atomic E-state index is -4.30. The van der Waals surface area contributed by atoms with Gasteiger partial charge in [0.15, 0.2) is 0 Å². The van der Waals surface area contributed by atoms with E-state index in [0.29, 0.717) is 5.56 Å². The van der Waals surface area contributed by atoms with Crippen LogP contribution in [0, 0.1) is 5.82 Å². The van der Waals surface area contributed by atoms with E-state index in [2.05, 4.69) is 9.71 Å². The van der Waals surface area contributed by atoms with Gasteiger partial charge in [0.2, 0.25) is 5.96 Å². The van der Waals surface area contributed by atoms with Crippen LogP contribution in [0.3, 0.4) is 0 Å². The first kappa shape index (κ1) is 20.0. The third kappa shape index (κ3) is 3.79. The molecule has 0 aliphatic carbocycles. The molecular weight excluding hydrogens is 429 g/mol. The first-order valence-corrected chi connectivity index (χ1v) is 11.7. The Morgan fingerprint density at radius 2 is 1.53 bits per heavy atom. The predicted octanol–water partition coefficient (Wildman–Crippen LogP) is 3.19. The lowest BCUT2D eigenvalue weighted by molar-refractivity contribution is 0.515. The number of fused-ring (bicyclic) bond motifs is 1. The fourth-order valence-corrected chi connectivity index (χ4v) is 5.49. The highest BCUT2D eigenvalue weighted by molar-refractivity contribution is 7.91. The van der Waals surface area contributed by atoms with Crippen LogP contribution in [0.5, 0.6) is 0 Å². The van der Waals surface area contributed by atoms with Crippen molar-refractivity contribution in [1.29, 1.82) is 0 Å². The van der Waals surface area contributed by atoms with Crippen molar-refractivity contribution in [2.75, 3.05) is 5.32 Å². The van der Waals surface area contributed by atoms with Crippen LogP contribution in [0.1, 0.15) is 5.56 Å². The van der Waals surface area contributed by atoms with Crippen LogP contribution >= 0.6 is 0 Å². The molecule has 10 heteroatoms. The van der Waals surface area contributed by atoms with Crippen molar-refractivity contribution < 1.29 is 21.2 Å². The molecule has 3 aromatic carbocycles. The van der Waals surface area contributed by atoms with Gasteiger partial charge in [0.25, 0.3) is 20.0 Å². The van der Waals surface area contributed by atoms with E-state index < -0.39 is 25.9 Å². The number of anilines is 1. The summed E-state index contributed by atoms with van der Waals surface area (Å²) in [7, 11) is -8.38. The second-order valence-corrected chi connectivity index (χ2v) is 9.90. The van der Waals surface area contributed by atoms with Crippen molar-refractivity contribution in [2.24, 2.45) is 4.40 Å². The summed E-state index contributed by atoms with van der Waals surface area (Å²) in [5.74, 6) is -0.957. The zero-order valence-electron chi connectivity index (χ0n) is 15.4. The summed E-state index contributed by atoms with van der Waals surface area (Å²) in [5.41, 5.74) is 0.865. The maximum absolute atomic E-state index is 13.2. The summed E-state index contributed by atoms with van der Waals surface area (Å²) in [6, 6.07) is 19.0. The van der Waals surface area contributed by atoms with Crippen LogP contribution in [0.15, 0.2) is 93.1 Å². The standard InChI is InChI=1S/C20H16FN3O4S2/c21-16-10-12-17(13-11-16)29(25,26)23-20-22-18-8-4-5-9-19(18)30(27,28)24(20)14-15-6-2-1-3-7-15/h1-13H,14H2,(H,22,23). The molecule has 0 aromatic heterocycles. The number of halogens is 1. The lowest BCUT2D eigenvalue weighted by Crippen LogP contribution is -2.44. The molecule has 30 heavy (non-hydrogen) atoms. The summed E-state index contributed by atoms with van der Waals surface area (Å²) in [6.45, 7) is -0.123. The molecule has 0 unspecified atom stereocenters. The molecule has 4 rings (SSSR count). The zero-order chi connectivity index (χ0) is 21.4. The van der Waals surface area contributed by atoms with Gasteiger partial charge in [-0.1, -0.05) is 42.5 Å². The molecule has 0 fully saturated rings. The van der Waals surface area contributed by atoms with Gasteiger partial charge in [0.1, 0.15) is 10.7 Å². The Morgan fingerprint density at radius 1 is 0.900 bits per heavy atom. The van der Waals surface area contributed by atoms with Gasteiger partial charge in [-0.25, -0.2) is 17.1 Å². The molecule has 1 N–H and O–H groups in total. The largest absolute Gasteiger partial charge is 0.323 e. The summed E-state index contributed by atoms with van der Waals surface area (Å²) in [5, 5.41) is 2.80. The number of nitrogens with zero attached hydrogens (tertiary/aromatic N) is 2. The van der Waals surface area contributed by atoms with Crippen LogP contribution in [0.4, 0.5) is 10.1 Å².